The average Bonchev–Trinajstić information content (AvgIpc) is 3.38. The van der Waals surface area contributed by atoms with Crippen molar-refractivity contribution < 1.29 is 20.1 Å². The SMILES string of the molecule is CC(C)C(=O)CC[C@@H](C)[C@H]1[C@@H](O)C[C@@]2(C)[C@@H]3CC[C@H]4C(C)(C)[C@@H](O)CC[C@]45C[C@]35[C@H](O)C[C@]12C. The molecule has 5 fully saturated rings. The summed E-state index contributed by atoms with van der Waals surface area (Å²) in [6.07, 6.45) is 7.31. The topological polar surface area (TPSA) is 77.8 Å². The van der Waals surface area contributed by atoms with Crippen LogP contribution in [0.3, 0.4) is 0 Å². The van der Waals surface area contributed by atoms with E-state index in [4.69, 9.17) is 0 Å². The monoisotopic (exact) mass is 474 g/mol. The zero-order valence-corrected chi connectivity index (χ0v) is 22.7. The highest BCUT2D eigenvalue weighted by Gasteiger charge is 2.85. The number of rotatable bonds is 5. The lowest BCUT2D eigenvalue weighted by Crippen LogP contribution is -2.62. The summed E-state index contributed by atoms with van der Waals surface area (Å²) in [6, 6.07) is 0. The smallest absolute Gasteiger partial charge is 0.135 e. The lowest BCUT2D eigenvalue weighted by atomic mass is 9.41. The van der Waals surface area contributed by atoms with Crippen LogP contribution in [0.2, 0.25) is 0 Å². The van der Waals surface area contributed by atoms with Gasteiger partial charge < -0.3 is 15.3 Å². The van der Waals surface area contributed by atoms with Crippen LogP contribution in [0.25, 0.3) is 0 Å². The normalized spacial score (nSPS) is 54.0. The molecule has 11 atom stereocenters. The van der Waals surface area contributed by atoms with Crippen molar-refractivity contribution >= 4 is 5.78 Å². The van der Waals surface area contributed by atoms with Gasteiger partial charge in [0, 0.05) is 17.8 Å². The van der Waals surface area contributed by atoms with E-state index in [9.17, 15) is 20.1 Å². The predicted molar refractivity (Wildman–Crippen MR) is 134 cm³/mol. The second-order valence-corrected chi connectivity index (χ2v) is 14.9. The van der Waals surface area contributed by atoms with Crippen molar-refractivity contribution in [1.82, 2.24) is 0 Å². The van der Waals surface area contributed by atoms with Crippen molar-refractivity contribution in [3.63, 3.8) is 0 Å². The minimum atomic E-state index is -0.362. The fourth-order valence-electron chi connectivity index (χ4n) is 11.3. The third-order valence-corrected chi connectivity index (χ3v) is 13.2. The van der Waals surface area contributed by atoms with E-state index >= 15 is 0 Å². The molecular weight excluding hydrogens is 424 g/mol. The second kappa shape index (κ2) is 7.54. The number of carbonyl (C=O) groups excluding carboxylic acids is 1. The highest BCUT2D eigenvalue weighted by molar-refractivity contribution is 5.80. The minimum Gasteiger partial charge on any atom is -0.393 e. The third-order valence-electron chi connectivity index (χ3n) is 13.2. The molecule has 2 spiro atoms. The average molecular weight is 475 g/mol. The summed E-state index contributed by atoms with van der Waals surface area (Å²) in [7, 11) is 0. The zero-order valence-electron chi connectivity index (χ0n) is 22.7. The molecule has 0 aromatic rings. The van der Waals surface area contributed by atoms with Crippen molar-refractivity contribution in [2.75, 3.05) is 0 Å². The van der Waals surface area contributed by atoms with E-state index in [0.29, 0.717) is 24.0 Å². The molecule has 0 heterocycles. The van der Waals surface area contributed by atoms with Gasteiger partial charge in [0.2, 0.25) is 0 Å². The second-order valence-electron chi connectivity index (χ2n) is 14.9. The number of Topliss-reactive ketones (excluding diaryl/α,β-unsaturated/α-hetero) is 1. The summed E-state index contributed by atoms with van der Waals surface area (Å²) in [5, 5.41) is 34.3. The van der Waals surface area contributed by atoms with Crippen molar-refractivity contribution in [2.45, 2.75) is 125 Å². The highest BCUT2D eigenvalue weighted by Crippen LogP contribution is 2.88. The van der Waals surface area contributed by atoms with Crippen molar-refractivity contribution in [1.29, 1.82) is 0 Å². The molecule has 5 rings (SSSR count). The van der Waals surface area contributed by atoms with Crippen molar-refractivity contribution in [3.05, 3.63) is 0 Å². The Balaban J connectivity index is 1.46. The summed E-state index contributed by atoms with van der Waals surface area (Å²) in [6.45, 7) is 15.5. The van der Waals surface area contributed by atoms with E-state index in [2.05, 4.69) is 34.6 Å². The van der Waals surface area contributed by atoms with E-state index in [1.165, 1.54) is 0 Å². The van der Waals surface area contributed by atoms with E-state index < -0.39 is 0 Å². The number of hydrogen-bond acceptors (Lipinski definition) is 4. The van der Waals surface area contributed by atoms with Crippen LogP contribution in [0.5, 0.6) is 0 Å². The first-order valence-corrected chi connectivity index (χ1v) is 14.3. The number of aliphatic hydroxyl groups is 3. The van der Waals surface area contributed by atoms with E-state index in [0.717, 1.165) is 51.4 Å². The first kappa shape index (κ1) is 25.2. The maximum atomic E-state index is 12.3. The molecule has 5 aliphatic carbocycles. The predicted octanol–water partition coefficient (Wildman–Crippen LogP) is 5.37. The molecule has 5 aliphatic rings. The van der Waals surface area contributed by atoms with Gasteiger partial charge in [-0.25, -0.2) is 0 Å². The molecule has 0 amide bonds. The van der Waals surface area contributed by atoms with Gasteiger partial charge in [-0.05, 0) is 96.7 Å². The number of ketones is 1. The van der Waals surface area contributed by atoms with Crippen LogP contribution in [-0.4, -0.2) is 39.4 Å². The molecule has 5 saturated carbocycles. The van der Waals surface area contributed by atoms with Crippen LogP contribution in [-0.2, 0) is 4.79 Å². The molecule has 0 bridgehead atoms. The van der Waals surface area contributed by atoms with Crippen LogP contribution in [0.4, 0.5) is 0 Å². The summed E-state index contributed by atoms with van der Waals surface area (Å²) in [5.74, 6) is 1.68. The Morgan fingerprint density at radius 1 is 0.882 bits per heavy atom. The molecule has 0 aliphatic heterocycles. The molecule has 3 N–H and O–H groups in total. The van der Waals surface area contributed by atoms with Gasteiger partial charge in [0.15, 0.2) is 0 Å². The molecule has 0 unspecified atom stereocenters. The quantitative estimate of drug-likeness (QED) is 0.501. The van der Waals surface area contributed by atoms with E-state index in [1.807, 2.05) is 13.8 Å². The summed E-state index contributed by atoms with van der Waals surface area (Å²) >= 11 is 0. The van der Waals surface area contributed by atoms with Gasteiger partial charge in [-0.1, -0.05) is 48.5 Å². The summed E-state index contributed by atoms with van der Waals surface area (Å²) < 4.78 is 0. The van der Waals surface area contributed by atoms with Gasteiger partial charge in [-0.3, -0.25) is 4.79 Å². The fourth-order valence-corrected chi connectivity index (χ4v) is 11.3. The first-order valence-electron chi connectivity index (χ1n) is 14.3. The summed E-state index contributed by atoms with van der Waals surface area (Å²) in [4.78, 5) is 12.3. The number of aliphatic hydroxyl groups excluding tert-OH is 3. The number of fused-ring (bicyclic) bond motifs is 2. The van der Waals surface area contributed by atoms with Gasteiger partial charge in [0.05, 0.1) is 18.3 Å². The standard InChI is InChI=1S/C30H50O4/c1-17(2)19(31)9-8-18(3)25-20(32)14-27(6)22-11-10-21-26(4,5)23(33)12-13-29(21)16-30(22,29)24(34)15-28(25,27)7/h17-18,20-25,32-34H,8-16H2,1-7H3/t18-,20+,21+,22+,23+,24-,25+,27+,28-,29+,30-/m1/s1. The van der Waals surface area contributed by atoms with E-state index in [1.54, 1.807) is 0 Å². The Morgan fingerprint density at radius 2 is 1.53 bits per heavy atom. The molecule has 4 heteroatoms. The zero-order chi connectivity index (χ0) is 25.1. The molecule has 34 heavy (non-hydrogen) atoms. The molecule has 0 aromatic heterocycles. The fraction of sp³-hybridized carbons (Fsp3) is 0.967. The largest absolute Gasteiger partial charge is 0.393 e. The first-order chi connectivity index (χ1) is 15.7. The van der Waals surface area contributed by atoms with Gasteiger partial charge >= 0.3 is 0 Å². The molecular formula is C30H50O4. The highest BCUT2D eigenvalue weighted by atomic mass is 16.3. The van der Waals surface area contributed by atoms with Crippen LogP contribution in [0, 0.1) is 56.7 Å². The number of carbonyl (C=O) groups is 1. The maximum Gasteiger partial charge on any atom is 0.135 e. The Hall–Kier alpha value is -0.450. The lowest BCUT2D eigenvalue weighted by Gasteiger charge is -2.64. The van der Waals surface area contributed by atoms with Crippen molar-refractivity contribution in [2.24, 2.45) is 56.7 Å². The summed E-state index contributed by atoms with van der Waals surface area (Å²) in [5.41, 5.74) is -0.0826. The van der Waals surface area contributed by atoms with Gasteiger partial charge in [-0.2, -0.15) is 0 Å². The van der Waals surface area contributed by atoms with Gasteiger partial charge in [-0.15, -0.1) is 0 Å². The molecule has 0 saturated heterocycles. The Morgan fingerprint density at radius 3 is 2.18 bits per heavy atom. The Kier molecular flexibility index (Phi) is 5.59. The Bertz CT molecular complexity index is 851. The lowest BCUT2D eigenvalue weighted by molar-refractivity contribution is -0.202. The molecule has 0 radical (unpaired) electrons. The number of hydrogen-bond donors (Lipinski definition) is 3. The van der Waals surface area contributed by atoms with Crippen LogP contribution < -0.4 is 0 Å². The van der Waals surface area contributed by atoms with Crippen LogP contribution >= 0.6 is 0 Å². The molecule has 194 valence electrons. The maximum absolute atomic E-state index is 12.3. The third kappa shape index (κ3) is 2.86. The Labute approximate surface area is 207 Å². The van der Waals surface area contributed by atoms with Gasteiger partial charge in [0.1, 0.15) is 5.78 Å². The van der Waals surface area contributed by atoms with Crippen LogP contribution in [0.15, 0.2) is 0 Å². The van der Waals surface area contributed by atoms with Gasteiger partial charge in [0.25, 0.3) is 0 Å². The van der Waals surface area contributed by atoms with Crippen molar-refractivity contribution in [3.8, 4) is 0 Å². The van der Waals surface area contributed by atoms with Crippen LogP contribution in [0.1, 0.15) is 106 Å². The van der Waals surface area contributed by atoms with E-state index in [-0.39, 0.29) is 63.1 Å². The minimum absolute atomic E-state index is 0.00130. The molecule has 0 aromatic carbocycles. The molecule has 4 nitrogen and oxygen atoms in total.